The highest BCUT2D eigenvalue weighted by Gasteiger charge is 2.20. The summed E-state index contributed by atoms with van der Waals surface area (Å²) in [7, 11) is 1.55. The van der Waals surface area contributed by atoms with Crippen molar-refractivity contribution in [1.29, 1.82) is 0 Å². The molecule has 1 amide bonds. The monoisotopic (exact) mass is 230 g/mol. The molecule has 16 heavy (non-hydrogen) atoms. The summed E-state index contributed by atoms with van der Waals surface area (Å²) in [5, 5.41) is 15.2. The van der Waals surface area contributed by atoms with E-state index >= 15 is 0 Å². The molecule has 1 atom stereocenters. The second kappa shape index (κ2) is 7.60. The Morgan fingerprint density at radius 3 is 2.94 bits per heavy atom. The SMILES string of the molecule is COCC(O)CCNC(=O)CNCC1CC1. The van der Waals surface area contributed by atoms with Crippen LogP contribution in [0.15, 0.2) is 0 Å². The van der Waals surface area contributed by atoms with Crippen molar-refractivity contribution in [3.63, 3.8) is 0 Å². The van der Waals surface area contributed by atoms with E-state index in [1.165, 1.54) is 12.8 Å². The second-order valence-corrected chi connectivity index (χ2v) is 4.32. The number of carbonyl (C=O) groups is 1. The van der Waals surface area contributed by atoms with Crippen molar-refractivity contribution in [2.24, 2.45) is 5.92 Å². The molecule has 3 N–H and O–H groups in total. The van der Waals surface area contributed by atoms with E-state index in [1.807, 2.05) is 0 Å². The Kier molecular flexibility index (Phi) is 6.37. The lowest BCUT2D eigenvalue weighted by atomic mass is 10.2. The third-order valence-corrected chi connectivity index (χ3v) is 2.57. The predicted octanol–water partition coefficient (Wildman–Crippen LogP) is -0.500. The molecule has 0 aromatic heterocycles. The quantitative estimate of drug-likeness (QED) is 0.499. The summed E-state index contributed by atoms with van der Waals surface area (Å²) < 4.78 is 4.78. The van der Waals surface area contributed by atoms with Crippen LogP contribution in [0.5, 0.6) is 0 Å². The summed E-state index contributed by atoms with van der Waals surface area (Å²) in [5.41, 5.74) is 0. The van der Waals surface area contributed by atoms with Crippen molar-refractivity contribution in [2.45, 2.75) is 25.4 Å². The lowest BCUT2D eigenvalue weighted by Crippen LogP contribution is -2.36. The van der Waals surface area contributed by atoms with Crippen molar-refractivity contribution in [3.8, 4) is 0 Å². The number of nitrogens with one attached hydrogen (secondary N) is 2. The normalized spacial score (nSPS) is 17.1. The van der Waals surface area contributed by atoms with Crippen LogP contribution in [0.25, 0.3) is 0 Å². The van der Waals surface area contributed by atoms with Crippen LogP contribution in [-0.4, -0.2) is 50.5 Å². The van der Waals surface area contributed by atoms with Crippen molar-refractivity contribution in [3.05, 3.63) is 0 Å². The Balaban J connectivity index is 1.88. The van der Waals surface area contributed by atoms with Gasteiger partial charge in [0.05, 0.1) is 19.3 Å². The fraction of sp³-hybridized carbons (Fsp3) is 0.909. The number of rotatable bonds is 9. The molecule has 1 aliphatic carbocycles. The minimum Gasteiger partial charge on any atom is -0.391 e. The Morgan fingerprint density at radius 1 is 1.56 bits per heavy atom. The first-order chi connectivity index (χ1) is 7.72. The van der Waals surface area contributed by atoms with E-state index in [1.54, 1.807) is 7.11 Å². The van der Waals surface area contributed by atoms with Crippen molar-refractivity contribution in [1.82, 2.24) is 10.6 Å². The number of aliphatic hydroxyl groups is 1. The van der Waals surface area contributed by atoms with E-state index in [9.17, 15) is 9.90 Å². The molecule has 0 aliphatic heterocycles. The van der Waals surface area contributed by atoms with Gasteiger partial charge in [-0.15, -0.1) is 0 Å². The molecule has 0 saturated heterocycles. The van der Waals surface area contributed by atoms with Gasteiger partial charge in [0.2, 0.25) is 5.91 Å². The van der Waals surface area contributed by atoms with Gasteiger partial charge in [-0.1, -0.05) is 0 Å². The molecule has 5 nitrogen and oxygen atoms in total. The Bertz CT molecular complexity index is 207. The minimum absolute atomic E-state index is 0.00901. The molecule has 0 aromatic rings. The molecule has 0 aromatic carbocycles. The number of hydrogen-bond acceptors (Lipinski definition) is 4. The van der Waals surface area contributed by atoms with E-state index in [0.717, 1.165) is 12.5 Å². The molecule has 1 rings (SSSR count). The van der Waals surface area contributed by atoms with Gasteiger partial charge in [-0.2, -0.15) is 0 Å². The van der Waals surface area contributed by atoms with Crippen LogP contribution >= 0.6 is 0 Å². The van der Waals surface area contributed by atoms with E-state index < -0.39 is 6.10 Å². The van der Waals surface area contributed by atoms with Gasteiger partial charge < -0.3 is 20.5 Å². The van der Waals surface area contributed by atoms with Crippen LogP contribution in [0.4, 0.5) is 0 Å². The van der Waals surface area contributed by atoms with Gasteiger partial charge in [-0.3, -0.25) is 4.79 Å². The standard InChI is InChI=1S/C11H22N2O3/c1-16-8-10(14)4-5-13-11(15)7-12-6-9-2-3-9/h9-10,12,14H,2-8H2,1H3,(H,13,15). The lowest BCUT2D eigenvalue weighted by molar-refractivity contribution is -0.120. The first-order valence-electron chi connectivity index (χ1n) is 5.86. The van der Waals surface area contributed by atoms with Crippen LogP contribution in [0, 0.1) is 5.92 Å². The summed E-state index contributed by atoms with van der Waals surface area (Å²) in [6.45, 7) is 2.13. The zero-order valence-corrected chi connectivity index (χ0v) is 9.87. The van der Waals surface area contributed by atoms with Crippen molar-refractivity contribution < 1.29 is 14.6 Å². The van der Waals surface area contributed by atoms with Crippen LogP contribution < -0.4 is 10.6 Å². The van der Waals surface area contributed by atoms with E-state index in [0.29, 0.717) is 26.1 Å². The number of ether oxygens (including phenoxy) is 1. The molecular formula is C11H22N2O3. The lowest BCUT2D eigenvalue weighted by Gasteiger charge is -2.10. The maximum Gasteiger partial charge on any atom is 0.233 e. The number of carbonyl (C=O) groups excluding carboxylic acids is 1. The summed E-state index contributed by atoms with van der Waals surface area (Å²) in [5.74, 6) is 0.779. The number of amides is 1. The molecule has 0 heterocycles. The Morgan fingerprint density at radius 2 is 2.31 bits per heavy atom. The topological polar surface area (TPSA) is 70.6 Å². The summed E-state index contributed by atoms with van der Waals surface area (Å²) in [6, 6.07) is 0. The van der Waals surface area contributed by atoms with Gasteiger partial charge in [0.15, 0.2) is 0 Å². The van der Waals surface area contributed by atoms with E-state index in [-0.39, 0.29) is 5.91 Å². The van der Waals surface area contributed by atoms with Gasteiger partial charge in [0, 0.05) is 13.7 Å². The zero-order chi connectivity index (χ0) is 11.8. The summed E-state index contributed by atoms with van der Waals surface area (Å²) in [4.78, 5) is 11.3. The van der Waals surface area contributed by atoms with Gasteiger partial charge in [-0.25, -0.2) is 0 Å². The molecule has 0 bridgehead atoms. The van der Waals surface area contributed by atoms with Gasteiger partial charge in [0.1, 0.15) is 0 Å². The molecule has 94 valence electrons. The highest BCUT2D eigenvalue weighted by molar-refractivity contribution is 5.77. The van der Waals surface area contributed by atoms with Gasteiger partial charge in [-0.05, 0) is 31.7 Å². The van der Waals surface area contributed by atoms with E-state index in [2.05, 4.69) is 10.6 Å². The second-order valence-electron chi connectivity index (χ2n) is 4.32. The highest BCUT2D eigenvalue weighted by Crippen LogP contribution is 2.27. The molecule has 1 saturated carbocycles. The molecular weight excluding hydrogens is 208 g/mol. The third kappa shape index (κ3) is 6.76. The maximum absolute atomic E-state index is 11.3. The number of hydrogen-bond donors (Lipinski definition) is 3. The van der Waals surface area contributed by atoms with Crippen LogP contribution in [0.2, 0.25) is 0 Å². The average molecular weight is 230 g/mol. The zero-order valence-electron chi connectivity index (χ0n) is 9.87. The van der Waals surface area contributed by atoms with Crippen LogP contribution in [-0.2, 0) is 9.53 Å². The first kappa shape index (κ1) is 13.4. The average Bonchev–Trinajstić information content (AvgIpc) is 3.02. The summed E-state index contributed by atoms with van der Waals surface area (Å²) in [6.07, 6.45) is 2.61. The van der Waals surface area contributed by atoms with Crippen LogP contribution in [0.1, 0.15) is 19.3 Å². The van der Waals surface area contributed by atoms with Crippen molar-refractivity contribution in [2.75, 3.05) is 33.4 Å². The summed E-state index contributed by atoms with van der Waals surface area (Å²) >= 11 is 0. The smallest absolute Gasteiger partial charge is 0.233 e. The Hall–Kier alpha value is -0.650. The molecule has 0 spiro atoms. The fourth-order valence-corrected chi connectivity index (χ4v) is 1.43. The predicted molar refractivity (Wildman–Crippen MR) is 61.1 cm³/mol. The number of methoxy groups -OCH3 is 1. The van der Waals surface area contributed by atoms with Crippen molar-refractivity contribution >= 4 is 5.91 Å². The molecule has 1 unspecified atom stereocenters. The third-order valence-electron chi connectivity index (χ3n) is 2.57. The Labute approximate surface area is 96.6 Å². The van der Waals surface area contributed by atoms with Gasteiger partial charge in [0.25, 0.3) is 0 Å². The van der Waals surface area contributed by atoms with Crippen LogP contribution in [0.3, 0.4) is 0 Å². The maximum atomic E-state index is 11.3. The molecule has 0 radical (unpaired) electrons. The number of aliphatic hydroxyl groups excluding tert-OH is 1. The fourth-order valence-electron chi connectivity index (χ4n) is 1.43. The largest absolute Gasteiger partial charge is 0.391 e. The molecule has 5 heteroatoms. The molecule has 1 fully saturated rings. The van der Waals surface area contributed by atoms with E-state index in [4.69, 9.17) is 4.74 Å². The first-order valence-corrected chi connectivity index (χ1v) is 5.86. The highest BCUT2D eigenvalue weighted by atomic mass is 16.5. The minimum atomic E-state index is -0.496. The van der Waals surface area contributed by atoms with Gasteiger partial charge >= 0.3 is 0 Å². The molecule has 1 aliphatic rings.